The summed E-state index contributed by atoms with van der Waals surface area (Å²) >= 11 is 0. The number of rotatable bonds is 6. The van der Waals surface area contributed by atoms with E-state index in [0.29, 0.717) is 12.5 Å². The normalized spacial score (nSPS) is 17.0. The summed E-state index contributed by atoms with van der Waals surface area (Å²) < 4.78 is 7.26. The van der Waals surface area contributed by atoms with Crippen molar-refractivity contribution in [3.63, 3.8) is 0 Å². The lowest BCUT2D eigenvalue weighted by Crippen LogP contribution is -2.38. The topological polar surface area (TPSA) is 59.4 Å². The fourth-order valence-corrected chi connectivity index (χ4v) is 3.23. The van der Waals surface area contributed by atoms with Crippen LogP contribution in [0.5, 0.6) is 0 Å². The van der Waals surface area contributed by atoms with E-state index in [2.05, 4.69) is 10.4 Å². The molecule has 6 nitrogen and oxygen atoms in total. The van der Waals surface area contributed by atoms with Crippen LogP contribution < -0.4 is 5.32 Å². The second kappa shape index (κ2) is 8.16. The number of urea groups is 1. The third-order valence-electron chi connectivity index (χ3n) is 4.51. The van der Waals surface area contributed by atoms with E-state index in [1.165, 1.54) is 0 Å². The molecular formula is C19H26N4O2. The molecule has 1 unspecified atom stereocenters. The Labute approximate surface area is 148 Å². The summed E-state index contributed by atoms with van der Waals surface area (Å²) in [5.74, 6) is 0.448. The Balaban J connectivity index is 1.58. The van der Waals surface area contributed by atoms with Gasteiger partial charge in [0, 0.05) is 56.5 Å². The fraction of sp³-hybridized carbons (Fsp3) is 0.474. The molecule has 3 rings (SSSR count). The summed E-state index contributed by atoms with van der Waals surface area (Å²) in [6.45, 7) is 5.50. The van der Waals surface area contributed by atoms with Gasteiger partial charge < -0.3 is 15.0 Å². The molecule has 1 atom stereocenters. The molecule has 1 aromatic heterocycles. The molecule has 1 aliphatic heterocycles. The van der Waals surface area contributed by atoms with Gasteiger partial charge in [-0.2, -0.15) is 5.10 Å². The predicted octanol–water partition coefficient (Wildman–Crippen LogP) is 2.66. The summed E-state index contributed by atoms with van der Waals surface area (Å²) in [5, 5.41) is 7.57. The zero-order chi connectivity index (χ0) is 17.6. The Morgan fingerprint density at radius 3 is 2.92 bits per heavy atom. The minimum atomic E-state index is -0.0122. The molecule has 25 heavy (non-hydrogen) atoms. The second-order valence-corrected chi connectivity index (χ2v) is 6.46. The van der Waals surface area contributed by atoms with Crippen LogP contribution in [-0.2, 0) is 18.3 Å². The van der Waals surface area contributed by atoms with Crippen LogP contribution in [0.3, 0.4) is 0 Å². The number of amides is 2. The SMILES string of the molecule is CCOCC1CCN(C(=O)NCc2cn(C)nc2-c2ccccc2)C1. The first-order valence-corrected chi connectivity index (χ1v) is 8.85. The molecule has 1 N–H and O–H groups in total. The lowest BCUT2D eigenvalue weighted by molar-refractivity contribution is 0.113. The minimum Gasteiger partial charge on any atom is -0.381 e. The number of carbonyl (C=O) groups is 1. The number of likely N-dealkylation sites (tertiary alicyclic amines) is 1. The van der Waals surface area contributed by atoms with E-state index in [9.17, 15) is 4.79 Å². The Hall–Kier alpha value is -2.34. The van der Waals surface area contributed by atoms with Gasteiger partial charge >= 0.3 is 6.03 Å². The zero-order valence-electron chi connectivity index (χ0n) is 14.9. The highest BCUT2D eigenvalue weighted by atomic mass is 16.5. The molecule has 0 aliphatic carbocycles. The van der Waals surface area contributed by atoms with Crippen molar-refractivity contribution in [2.45, 2.75) is 19.9 Å². The summed E-state index contributed by atoms with van der Waals surface area (Å²) in [5.41, 5.74) is 3.00. The summed E-state index contributed by atoms with van der Waals surface area (Å²) in [4.78, 5) is 14.3. The number of aryl methyl sites for hydroxylation is 1. The molecule has 1 aromatic carbocycles. The number of ether oxygens (including phenoxy) is 1. The Morgan fingerprint density at radius 2 is 2.16 bits per heavy atom. The maximum absolute atomic E-state index is 12.4. The number of hydrogen-bond donors (Lipinski definition) is 1. The molecule has 0 saturated carbocycles. The molecule has 2 amide bonds. The number of carbonyl (C=O) groups excluding carboxylic acids is 1. The van der Waals surface area contributed by atoms with Gasteiger partial charge in [-0.1, -0.05) is 30.3 Å². The van der Waals surface area contributed by atoms with Crippen LogP contribution in [0.1, 0.15) is 18.9 Å². The van der Waals surface area contributed by atoms with Crippen molar-refractivity contribution in [2.24, 2.45) is 13.0 Å². The van der Waals surface area contributed by atoms with Crippen molar-refractivity contribution in [1.29, 1.82) is 0 Å². The third-order valence-corrected chi connectivity index (χ3v) is 4.51. The molecule has 134 valence electrons. The van der Waals surface area contributed by atoms with Gasteiger partial charge in [0.25, 0.3) is 0 Å². The third kappa shape index (κ3) is 4.39. The Bertz CT molecular complexity index is 699. The Kier molecular flexibility index (Phi) is 5.71. The zero-order valence-corrected chi connectivity index (χ0v) is 14.9. The summed E-state index contributed by atoms with van der Waals surface area (Å²) in [7, 11) is 1.90. The van der Waals surface area contributed by atoms with Gasteiger partial charge in [-0.05, 0) is 13.3 Å². The molecule has 1 aliphatic rings. The smallest absolute Gasteiger partial charge is 0.317 e. The number of nitrogens with zero attached hydrogens (tertiary/aromatic N) is 3. The maximum atomic E-state index is 12.4. The van der Waals surface area contributed by atoms with Crippen LogP contribution in [0.15, 0.2) is 36.5 Å². The first-order valence-electron chi connectivity index (χ1n) is 8.85. The van der Waals surface area contributed by atoms with Gasteiger partial charge in [0.2, 0.25) is 0 Å². The number of benzene rings is 1. The fourth-order valence-electron chi connectivity index (χ4n) is 3.23. The van der Waals surface area contributed by atoms with Crippen LogP contribution in [0.2, 0.25) is 0 Å². The minimum absolute atomic E-state index is 0.0122. The van der Waals surface area contributed by atoms with E-state index in [4.69, 9.17) is 4.74 Å². The molecular weight excluding hydrogens is 316 g/mol. The number of hydrogen-bond acceptors (Lipinski definition) is 3. The van der Waals surface area contributed by atoms with Gasteiger partial charge in [0.05, 0.1) is 12.3 Å². The molecule has 2 heterocycles. The van der Waals surface area contributed by atoms with Gasteiger partial charge in [-0.15, -0.1) is 0 Å². The van der Waals surface area contributed by atoms with E-state index < -0.39 is 0 Å². The predicted molar refractivity (Wildman–Crippen MR) is 97.1 cm³/mol. The van der Waals surface area contributed by atoms with E-state index >= 15 is 0 Å². The van der Waals surface area contributed by atoms with E-state index in [1.807, 2.05) is 55.4 Å². The van der Waals surface area contributed by atoms with Gasteiger partial charge in [-0.3, -0.25) is 4.68 Å². The lowest BCUT2D eigenvalue weighted by Gasteiger charge is -2.17. The molecule has 0 bridgehead atoms. The summed E-state index contributed by atoms with van der Waals surface area (Å²) in [6, 6.07) is 10.0. The first kappa shape index (κ1) is 17.5. The quantitative estimate of drug-likeness (QED) is 0.878. The van der Waals surface area contributed by atoms with Crippen molar-refractivity contribution < 1.29 is 9.53 Å². The Morgan fingerprint density at radius 1 is 1.36 bits per heavy atom. The van der Waals surface area contributed by atoms with Crippen LogP contribution in [0.4, 0.5) is 4.79 Å². The monoisotopic (exact) mass is 342 g/mol. The van der Waals surface area contributed by atoms with Gasteiger partial charge in [-0.25, -0.2) is 4.79 Å². The molecule has 6 heteroatoms. The van der Waals surface area contributed by atoms with Crippen LogP contribution >= 0.6 is 0 Å². The number of nitrogens with one attached hydrogen (secondary N) is 1. The average molecular weight is 342 g/mol. The summed E-state index contributed by atoms with van der Waals surface area (Å²) in [6.07, 6.45) is 2.97. The maximum Gasteiger partial charge on any atom is 0.317 e. The molecule has 0 radical (unpaired) electrons. The molecule has 0 spiro atoms. The highest BCUT2D eigenvalue weighted by Crippen LogP contribution is 2.22. The van der Waals surface area contributed by atoms with Crippen molar-refractivity contribution in [2.75, 3.05) is 26.3 Å². The highest BCUT2D eigenvalue weighted by molar-refractivity contribution is 5.75. The molecule has 2 aromatic rings. The number of aromatic nitrogens is 2. The van der Waals surface area contributed by atoms with Crippen molar-refractivity contribution in [1.82, 2.24) is 20.0 Å². The lowest BCUT2D eigenvalue weighted by atomic mass is 10.1. The van der Waals surface area contributed by atoms with Crippen LogP contribution in [-0.4, -0.2) is 47.0 Å². The van der Waals surface area contributed by atoms with Crippen LogP contribution in [0.25, 0.3) is 11.3 Å². The van der Waals surface area contributed by atoms with E-state index in [-0.39, 0.29) is 6.03 Å². The highest BCUT2D eigenvalue weighted by Gasteiger charge is 2.26. The van der Waals surface area contributed by atoms with Gasteiger partial charge in [0.15, 0.2) is 0 Å². The largest absolute Gasteiger partial charge is 0.381 e. The molecule has 1 saturated heterocycles. The van der Waals surface area contributed by atoms with E-state index in [1.54, 1.807) is 4.68 Å². The average Bonchev–Trinajstić information content (AvgIpc) is 3.25. The standard InChI is InChI=1S/C19H26N4O2/c1-3-25-14-15-9-10-23(12-15)19(24)20-11-17-13-22(2)21-18(17)16-7-5-4-6-8-16/h4-8,13,15H,3,9-12,14H2,1-2H3,(H,20,24). The van der Waals surface area contributed by atoms with Crippen LogP contribution in [0, 0.1) is 5.92 Å². The second-order valence-electron chi connectivity index (χ2n) is 6.46. The van der Waals surface area contributed by atoms with Crippen molar-refractivity contribution in [3.05, 3.63) is 42.1 Å². The first-order chi connectivity index (χ1) is 12.2. The van der Waals surface area contributed by atoms with Crippen molar-refractivity contribution in [3.8, 4) is 11.3 Å². The van der Waals surface area contributed by atoms with Gasteiger partial charge in [0.1, 0.15) is 0 Å². The molecule has 1 fully saturated rings. The van der Waals surface area contributed by atoms with E-state index in [0.717, 1.165) is 49.5 Å². The van der Waals surface area contributed by atoms with Crippen molar-refractivity contribution >= 4 is 6.03 Å².